The molecule has 8 heteroatoms. The maximum absolute atomic E-state index is 4.61. The van der Waals surface area contributed by atoms with Crippen LogP contribution in [0.1, 0.15) is 49.6 Å². The molecule has 3 aromatic rings. The first kappa shape index (κ1) is 18.7. The smallest absolute Gasteiger partial charge is 0.152 e. The van der Waals surface area contributed by atoms with Crippen molar-refractivity contribution < 1.29 is 0 Å². The van der Waals surface area contributed by atoms with Crippen molar-refractivity contribution in [2.45, 2.75) is 32.6 Å². The lowest BCUT2D eigenvalue weighted by Crippen LogP contribution is -2.06. The molecule has 0 bridgehead atoms. The third kappa shape index (κ3) is 4.98. The Morgan fingerprint density at radius 3 is 1.66 bits per heavy atom. The summed E-state index contributed by atoms with van der Waals surface area (Å²) >= 11 is 0. The van der Waals surface area contributed by atoms with E-state index in [1.54, 1.807) is 30.9 Å². The van der Waals surface area contributed by atoms with Crippen LogP contribution in [0.4, 0.5) is 11.6 Å². The first-order chi connectivity index (χ1) is 14.2. The van der Waals surface area contributed by atoms with Crippen molar-refractivity contribution in [3.63, 3.8) is 0 Å². The zero-order valence-electron chi connectivity index (χ0n) is 16.4. The Bertz CT molecular complexity index is 951. The number of hydrazone groups is 2. The SMILES string of the molecule is CC(=NNc1cc(NN=C(C)c2ccncc2)nc(C2CC2)n1)c1ccncc1. The van der Waals surface area contributed by atoms with Crippen LogP contribution in [0.15, 0.2) is 65.3 Å². The number of pyridine rings is 2. The van der Waals surface area contributed by atoms with Gasteiger partial charge in [0.2, 0.25) is 0 Å². The van der Waals surface area contributed by atoms with Gasteiger partial charge >= 0.3 is 0 Å². The third-order valence-electron chi connectivity index (χ3n) is 4.56. The molecule has 1 aliphatic carbocycles. The second-order valence-electron chi connectivity index (χ2n) is 6.86. The molecule has 1 aliphatic rings. The average molecular weight is 386 g/mol. The molecule has 3 aromatic heterocycles. The summed E-state index contributed by atoms with van der Waals surface area (Å²) in [5.41, 5.74) is 9.79. The number of nitrogens with one attached hydrogen (secondary N) is 2. The van der Waals surface area contributed by atoms with Gasteiger partial charge in [-0.25, -0.2) is 9.97 Å². The minimum absolute atomic E-state index is 0.410. The largest absolute Gasteiger partial charge is 0.265 e. The van der Waals surface area contributed by atoms with Crippen LogP contribution in [-0.2, 0) is 0 Å². The van der Waals surface area contributed by atoms with Crippen LogP contribution in [0.25, 0.3) is 0 Å². The topological polar surface area (TPSA) is 100 Å². The Morgan fingerprint density at radius 1 is 0.793 bits per heavy atom. The Morgan fingerprint density at radius 2 is 1.24 bits per heavy atom. The maximum atomic E-state index is 4.61. The van der Waals surface area contributed by atoms with Crippen molar-refractivity contribution in [2.24, 2.45) is 10.2 Å². The molecule has 3 heterocycles. The molecule has 0 unspecified atom stereocenters. The quantitative estimate of drug-likeness (QED) is 0.473. The van der Waals surface area contributed by atoms with E-state index in [0.29, 0.717) is 17.6 Å². The first-order valence-corrected chi connectivity index (χ1v) is 9.49. The highest BCUT2D eigenvalue weighted by Crippen LogP contribution is 2.38. The van der Waals surface area contributed by atoms with Crippen LogP contribution in [-0.4, -0.2) is 31.4 Å². The van der Waals surface area contributed by atoms with Crippen molar-refractivity contribution in [2.75, 3.05) is 10.9 Å². The molecule has 2 N–H and O–H groups in total. The van der Waals surface area contributed by atoms with Gasteiger partial charge in [0.05, 0.1) is 11.4 Å². The van der Waals surface area contributed by atoms with E-state index < -0.39 is 0 Å². The van der Waals surface area contributed by atoms with E-state index in [2.05, 4.69) is 41.0 Å². The van der Waals surface area contributed by atoms with Gasteiger partial charge in [-0.2, -0.15) is 10.2 Å². The highest BCUT2D eigenvalue weighted by Gasteiger charge is 2.27. The van der Waals surface area contributed by atoms with E-state index in [1.807, 2.05) is 38.1 Å². The lowest BCUT2D eigenvalue weighted by Gasteiger charge is -2.08. The molecule has 0 spiro atoms. The summed E-state index contributed by atoms with van der Waals surface area (Å²) in [4.78, 5) is 17.3. The molecule has 1 saturated carbocycles. The summed E-state index contributed by atoms with van der Waals surface area (Å²) in [5.74, 6) is 2.49. The van der Waals surface area contributed by atoms with Crippen molar-refractivity contribution >= 4 is 23.1 Å². The minimum atomic E-state index is 0.410. The molecule has 0 amide bonds. The fourth-order valence-corrected chi connectivity index (χ4v) is 2.70. The zero-order chi connectivity index (χ0) is 20.1. The first-order valence-electron chi connectivity index (χ1n) is 9.49. The Hall–Kier alpha value is -3.68. The van der Waals surface area contributed by atoms with Crippen LogP contribution in [0.5, 0.6) is 0 Å². The summed E-state index contributed by atoms with van der Waals surface area (Å²) < 4.78 is 0. The van der Waals surface area contributed by atoms with E-state index in [4.69, 9.17) is 0 Å². The predicted molar refractivity (Wildman–Crippen MR) is 114 cm³/mol. The number of nitrogens with zero attached hydrogens (tertiary/aromatic N) is 6. The zero-order valence-corrected chi connectivity index (χ0v) is 16.4. The molecule has 0 atom stereocenters. The molecule has 8 nitrogen and oxygen atoms in total. The summed E-state index contributed by atoms with van der Waals surface area (Å²) in [7, 11) is 0. The summed E-state index contributed by atoms with van der Waals surface area (Å²) in [6.45, 7) is 3.87. The third-order valence-corrected chi connectivity index (χ3v) is 4.56. The number of rotatable bonds is 7. The van der Waals surface area contributed by atoms with E-state index in [1.165, 1.54) is 0 Å². The fourth-order valence-electron chi connectivity index (χ4n) is 2.70. The van der Waals surface area contributed by atoms with Crippen molar-refractivity contribution in [1.29, 1.82) is 0 Å². The van der Waals surface area contributed by atoms with E-state index in [0.717, 1.165) is 41.2 Å². The fraction of sp³-hybridized carbons (Fsp3) is 0.238. The normalized spacial score (nSPS) is 14.6. The highest BCUT2D eigenvalue weighted by molar-refractivity contribution is 5.99. The van der Waals surface area contributed by atoms with Gasteiger partial charge < -0.3 is 0 Å². The van der Waals surface area contributed by atoms with Gasteiger partial charge in [-0.05, 0) is 51.0 Å². The van der Waals surface area contributed by atoms with Gasteiger partial charge in [-0.15, -0.1) is 0 Å². The molecule has 146 valence electrons. The van der Waals surface area contributed by atoms with Crippen molar-refractivity contribution in [3.8, 4) is 0 Å². The molecule has 0 saturated heterocycles. The van der Waals surface area contributed by atoms with Crippen LogP contribution >= 0.6 is 0 Å². The van der Waals surface area contributed by atoms with Crippen molar-refractivity contribution in [3.05, 3.63) is 72.1 Å². The number of hydrogen-bond acceptors (Lipinski definition) is 8. The van der Waals surface area contributed by atoms with Crippen molar-refractivity contribution in [1.82, 2.24) is 19.9 Å². The number of aromatic nitrogens is 4. The molecule has 29 heavy (non-hydrogen) atoms. The Balaban J connectivity index is 1.53. The monoisotopic (exact) mass is 386 g/mol. The molecule has 0 radical (unpaired) electrons. The Kier molecular flexibility index (Phi) is 5.51. The number of anilines is 2. The number of hydrogen-bond donors (Lipinski definition) is 2. The van der Waals surface area contributed by atoms with Gasteiger partial charge in [0, 0.05) is 47.9 Å². The highest BCUT2D eigenvalue weighted by atomic mass is 15.3. The molecule has 1 fully saturated rings. The molecular formula is C21H22N8. The summed E-state index contributed by atoms with van der Waals surface area (Å²) in [6, 6.07) is 9.47. The summed E-state index contributed by atoms with van der Waals surface area (Å²) in [6.07, 6.45) is 9.21. The van der Waals surface area contributed by atoms with E-state index in [-0.39, 0.29) is 0 Å². The average Bonchev–Trinajstić information content (AvgIpc) is 3.62. The second kappa shape index (κ2) is 8.55. The van der Waals surface area contributed by atoms with Gasteiger partial charge in [0.25, 0.3) is 0 Å². The van der Waals surface area contributed by atoms with Gasteiger partial charge in [-0.1, -0.05) is 0 Å². The minimum Gasteiger partial charge on any atom is -0.265 e. The van der Waals surface area contributed by atoms with Crippen LogP contribution in [0, 0.1) is 0 Å². The van der Waals surface area contributed by atoms with E-state index in [9.17, 15) is 0 Å². The second-order valence-corrected chi connectivity index (χ2v) is 6.86. The molecule has 0 aliphatic heterocycles. The van der Waals surface area contributed by atoms with Crippen LogP contribution in [0.3, 0.4) is 0 Å². The Labute approximate surface area is 169 Å². The lowest BCUT2D eigenvalue weighted by atomic mass is 10.2. The lowest BCUT2D eigenvalue weighted by molar-refractivity contribution is 0.924. The van der Waals surface area contributed by atoms with Gasteiger partial charge in [-0.3, -0.25) is 20.8 Å². The van der Waals surface area contributed by atoms with Crippen LogP contribution < -0.4 is 10.9 Å². The van der Waals surface area contributed by atoms with Gasteiger partial charge in [0.1, 0.15) is 5.82 Å². The van der Waals surface area contributed by atoms with Gasteiger partial charge in [0.15, 0.2) is 11.6 Å². The summed E-state index contributed by atoms with van der Waals surface area (Å²) in [5, 5.41) is 8.89. The maximum Gasteiger partial charge on any atom is 0.152 e. The van der Waals surface area contributed by atoms with Crippen LogP contribution in [0.2, 0.25) is 0 Å². The predicted octanol–water partition coefficient (Wildman–Crippen LogP) is 3.82. The molecular weight excluding hydrogens is 364 g/mol. The molecule has 0 aromatic carbocycles. The van der Waals surface area contributed by atoms with E-state index >= 15 is 0 Å². The molecule has 4 rings (SSSR count). The standard InChI is InChI=1S/C21H22N8/c1-14(16-5-9-22-10-6-16)26-28-19-13-20(25-21(24-19)18-3-4-18)29-27-15(2)17-7-11-23-12-8-17/h5-13,18H,3-4H2,1-2H3,(H2,24,25,28,29).